The lowest BCUT2D eigenvalue weighted by atomic mass is 10.2. The van der Waals surface area contributed by atoms with E-state index in [4.69, 9.17) is 13.9 Å². The number of morpholine rings is 1. The molecule has 1 aromatic carbocycles. The molecule has 8 nitrogen and oxygen atoms in total. The summed E-state index contributed by atoms with van der Waals surface area (Å²) in [4.78, 5) is 22.8. The van der Waals surface area contributed by atoms with E-state index in [1.165, 1.54) is 6.26 Å². The lowest BCUT2D eigenvalue weighted by molar-refractivity contribution is -0.0186. The van der Waals surface area contributed by atoms with Crippen molar-refractivity contribution in [2.24, 2.45) is 0 Å². The highest BCUT2D eigenvalue weighted by molar-refractivity contribution is 7.18. The van der Waals surface area contributed by atoms with E-state index in [2.05, 4.69) is 9.97 Å². The van der Waals surface area contributed by atoms with Crippen molar-refractivity contribution in [1.82, 2.24) is 14.9 Å². The number of hydrogen-bond donors (Lipinski definition) is 1. The van der Waals surface area contributed by atoms with E-state index in [-0.39, 0.29) is 30.9 Å². The van der Waals surface area contributed by atoms with Gasteiger partial charge in [-0.25, -0.2) is 9.97 Å². The third-order valence-corrected chi connectivity index (χ3v) is 5.25. The van der Waals surface area contributed by atoms with Crippen molar-refractivity contribution < 1.29 is 23.8 Å². The van der Waals surface area contributed by atoms with Gasteiger partial charge in [0.05, 0.1) is 41.1 Å². The van der Waals surface area contributed by atoms with Gasteiger partial charge in [-0.05, 0) is 19.1 Å². The van der Waals surface area contributed by atoms with Gasteiger partial charge in [0, 0.05) is 12.6 Å². The van der Waals surface area contributed by atoms with Crippen LogP contribution in [0.3, 0.4) is 0 Å². The summed E-state index contributed by atoms with van der Waals surface area (Å²) in [6.45, 7) is 3.08. The van der Waals surface area contributed by atoms with Crippen LogP contribution in [0.4, 0.5) is 0 Å². The second kappa shape index (κ2) is 7.63. The Balaban J connectivity index is 1.41. The van der Waals surface area contributed by atoms with Crippen molar-refractivity contribution in [1.29, 1.82) is 0 Å². The molecule has 0 saturated carbocycles. The van der Waals surface area contributed by atoms with E-state index >= 15 is 0 Å². The van der Waals surface area contributed by atoms with Gasteiger partial charge in [0.1, 0.15) is 12.0 Å². The van der Waals surface area contributed by atoms with Gasteiger partial charge in [-0.2, -0.15) is 0 Å². The minimum atomic E-state index is -0.365. The van der Waals surface area contributed by atoms with Crippen molar-refractivity contribution in [3.05, 3.63) is 41.1 Å². The molecule has 0 aliphatic carbocycles. The van der Waals surface area contributed by atoms with Crippen LogP contribution in [0.2, 0.25) is 0 Å². The molecule has 1 amide bonds. The van der Waals surface area contributed by atoms with Gasteiger partial charge >= 0.3 is 0 Å². The summed E-state index contributed by atoms with van der Waals surface area (Å²) < 4.78 is 17.5. The van der Waals surface area contributed by atoms with Gasteiger partial charge in [0.15, 0.2) is 12.3 Å². The molecule has 0 spiro atoms. The molecule has 1 aliphatic rings. The van der Waals surface area contributed by atoms with Crippen LogP contribution < -0.4 is 4.74 Å². The first-order valence-corrected chi connectivity index (χ1v) is 9.39. The Hall–Kier alpha value is -2.49. The van der Waals surface area contributed by atoms with Gasteiger partial charge in [-0.3, -0.25) is 4.79 Å². The first-order valence-electron chi connectivity index (χ1n) is 8.58. The maximum atomic E-state index is 12.6. The van der Waals surface area contributed by atoms with Gasteiger partial charge in [0.25, 0.3) is 5.91 Å². The summed E-state index contributed by atoms with van der Waals surface area (Å²) in [5.41, 5.74) is 1.08. The molecule has 1 atom stereocenters. The molecule has 1 unspecified atom stereocenters. The first-order chi connectivity index (χ1) is 13.1. The standard InChI is InChI=1S/C18H19N3O5S/c1-11-19-14-6-13(2-3-16(14)27-11)25-10-17-20-15(9-26-17)18(23)21-4-5-24-8-12(21)7-22/h2-3,6,9,12,22H,4-5,7-8,10H2,1H3. The minimum absolute atomic E-state index is 0.106. The number of carbonyl (C=O) groups is 1. The first kappa shape index (κ1) is 17.9. The second-order valence-electron chi connectivity index (χ2n) is 6.19. The highest BCUT2D eigenvalue weighted by Gasteiger charge is 2.29. The Morgan fingerprint density at radius 2 is 2.33 bits per heavy atom. The number of rotatable bonds is 5. The van der Waals surface area contributed by atoms with Crippen molar-refractivity contribution in [3.63, 3.8) is 0 Å². The van der Waals surface area contributed by atoms with E-state index < -0.39 is 0 Å². The molecule has 142 valence electrons. The van der Waals surface area contributed by atoms with Crippen molar-refractivity contribution in [2.45, 2.75) is 19.6 Å². The molecule has 1 aliphatic heterocycles. The van der Waals surface area contributed by atoms with E-state index in [1.807, 2.05) is 25.1 Å². The lowest BCUT2D eigenvalue weighted by Gasteiger charge is -2.33. The van der Waals surface area contributed by atoms with Crippen molar-refractivity contribution in [3.8, 4) is 5.75 Å². The van der Waals surface area contributed by atoms with E-state index in [9.17, 15) is 9.90 Å². The number of fused-ring (bicyclic) bond motifs is 1. The highest BCUT2D eigenvalue weighted by Crippen LogP contribution is 2.26. The van der Waals surface area contributed by atoms with Crippen LogP contribution in [0.15, 0.2) is 28.9 Å². The van der Waals surface area contributed by atoms with E-state index in [0.29, 0.717) is 31.4 Å². The van der Waals surface area contributed by atoms with Gasteiger partial charge < -0.3 is 23.9 Å². The lowest BCUT2D eigenvalue weighted by Crippen LogP contribution is -2.50. The maximum absolute atomic E-state index is 12.6. The Morgan fingerprint density at radius 3 is 3.19 bits per heavy atom. The smallest absolute Gasteiger partial charge is 0.276 e. The molecule has 0 radical (unpaired) electrons. The van der Waals surface area contributed by atoms with E-state index in [0.717, 1.165) is 15.2 Å². The Morgan fingerprint density at radius 1 is 1.44 bits per heavy atom. The molecule has 27 heavy (non-hydrogen) atoms. The monoisotopic (exact) mass is 389 g/mol. The number of oxazole rings is 1. The van der Waals surface area contributed by atoms with Crippen LogP contribution in [-0.2, 0) is 11.3 Å². The number of aliphatic hydroxyl groups is 1. The fraction of sp³-hybridized carbons (Fsp3) is 0.389. The van der Waals surface area contributed by atoms with Crippen LogP contribution in [-0.4, -0.2) is 58.3 Å². The number of amides is 1. The van der Waals surface area contributed by atoms with E-state index in [1.54, 1.807) is 16.2 Å². The molecule has 1 N–H and O–H groups in total. The maximum Gasteiger partial charge on any atom is 0.276 e. The van der Waals surface area contributed by atoms with Crippen LogP contribution in [0.25, 0.3) is 10.2 Å². The fourth-order valence-electron chi connectivity index (χ4n) is 2.95. The molecule has 3 heterocycles. The average Bonchev–Trinajstić information content (AvgIpc) is 3.31. The number of aryl methyl sites for hydroxylation is 1. The van der Waals surface area contributed by atoms with Crippen LogP contribution in [0.5, 0.6) is 5.75 Å². The molecule has 3 aromatic rings. The number of thiazole rings is 1. The Bertz CT molecular complexity index is 954. The molecule has 2 aromatic heterocycles. The molecule has 9 heteroatoms. The predicted octanol–water partition coefficient (Wildman–Crippen LogP) is 2.01. The normalized spacial score (nSPS) is 17.4. The summed E-state index contributed by atoms with van der Waals surface area (Å²) in [6.07, 6.45) is 1.32. The molecular weight excluding hydrogens is 370 g/mol. The molecule has 4 rings (SSSR count). The minimum Gasteiger partial charge on any atom is -0.484 e. The number of benzene rings is 1. The number of ether oxygens (including phenoxy) is 2. The summed E-state index contributed by atoms with van der Waals surface area (Å²) in [5.74, 6) is 0.681. The van der Waals surface area contributed by atoms with Gasteiger partial charge in [-0.15, -0.1) is 11.3 Å². The highest BCUT2D eigenvalue weighted by atomic mass is 32.1. The van der Waals surface area contributed by atoms with Crippen molar-refractivity contribution >= 4 is 27.5 Å². The van der Waals surface area contributed by atoms with Gasteiger partial charge in [-0.1, -0.05) is 0 Å². The summed E-state index contributed by atoms with van der Waals surface area (Å²) in [7, 11) is 0. The number of aromatic nitrogens is 2. The van der Waals surface area contributed by atoms with Gasteiger partial charge in [0.2, 0.25) is 5.89 Å². The second-order valence-corrected chi connectivity index (χ2v) is 7.42. The largest absolute Gasteiger partial charge is 0.484 e. The molecule has 1 saturated heterocycles. The summed E-state index contributed by atoms with van der Waals surface area (Å²) in [6, 6.07) is 5.34. The summed E-state index contributed by atoms with van der Waals surface area (Å²) in [5, 5.41) is 10.4. The zero-order valence-corrected chi connectivity index (χ0v) is 15.6. The predicted molar refractivity (Wildman–Crippen MR) is 97.9 cm³/mol. The Kier molecular flexibility index (Phi) is 5.06. The molecular formula is C18H19N3O5S. The zero-order chi connectivity index (χ0) is 18.8. The molecule has 1 fully saturated rings. The van der Waals surface area contributed by atoms with Crippen molar-refractivity contribution in [2.75, 3.05) is 26.4 Å². The topological polar surface area (TPSA) is 97.9 Å². The Labute approximate surface area is 159 Å². The number of aliphatic hydroxyl groups excluding tert-OH is 1. The zero-order valence-electron chi connectivity index (χ0n) is 14.8. The quantitative estimate of drug-likeness (QED) is 0.713. The summed E-state index contributed by atoms with van der Waals surface area (Å²) >= 11 is 1.63. The number of hydrogen-bond acceptors (Lipinski definition) is 8. The number of carbonyl (C=O) groups excluding carboxylic acids is 1. The fourth-order valence-corrected chi connectivity index (χ4v) is 3.76. The van der Waals surface area contributed by atoms with Crippen LogP contribution >= 0.6 is 11.3 Å². The third kappa shape index (κ3) is 3.80. The SMILES string of the molecule is Cc1nc2cc(OCc3nc(C(=O)N4CCOCC4CO)co3)ccc2s1. The molecule has 0 bridgehead atoms. The third-order valence-electron chi connectivity index (χ3n) is 4.30. The average molecular weight is 389 g/mol. The number of nitrogens with zero attached hydrogens (tertiary/aromatic N) is 3. The van der Waals surface area contributed by atoms with Crippen LogP contribution in [0.1, 0.15) is 21.4 Å². The van der Waals surface area contributed by atoms with Crippen LogP contribution in [0, 0.1) is 6.92 Å².